The lowest BCUT2D eigenvalue weighted by atomic mass is 10.1. The molecule has 0 amide bonds. The number of aliphatic hydroxyl groups is 1. The maximum Gasteiger partial charge on any atom is 0.416 e. The van der Waals surface area contributed by atoms with Gasteiger partial charge in [-0.2, -0.15) is 13.2 Å². The summed E-state index contributed by atoms with van der Waals surface area (Å²) in [4.78, 5) is 0. The fraction of sp³-hybridized carbons (Fsp3) is 0.455. The van der Waals surface area contributed by atoms with Crippen molar-refractivity contribution < 1.29 is 27.1 Å². The summed E-state index contributed by atoms with van der Waals surface area (Å²) in [6.07, 6.45) is -9.29. The predicted octanol–water partition coefficient (Wildman–Crippen LogP) is 2.42. The highest BCUT2D eigenvalue weighted by Crippen LogP contribution is 2.31. The molecule has 1 aromatic rings. The van der Waals surface area contributed by atoms with E-state index in [2.05, 4.69) is 5.32 Å². The SMILES string of the molecule is OC(CNCc1ccccc1C(F)(F)F)C(F)F. The summed E-state index contributed by atoms with van der Waals surface area (Å²) in [5, 5.41) is 11.2. The van der Waals surface area contributed by atoms with Crippen LogP contribution in [0.5, 0.6) is 0 Å². The Hall–Kier alpha value is -1.21. The van der Waals surface area contributed by atoms with Gasteiger partial charge in [-0.25, -0.2) is 8.78 Å². The summed E-state index contributed by atoms with van der Waals surface area (Å²) < 4.78 is 61.6. The van der Waals surface area contributed by atoms with Gasteiger partial charge in [0.15, 0.2) is 0 Å². The van der Waals surface area contributed by atoms with Crippen LogP contribution >= 0.6 is 0 Å². The lowest BCUT2D eigenvalue weighted by Crippen LogP contribution is -2.32. The van der Waals surface area contributed by atoms with Gasteiger partial charge >= 0.3 is 6.18 Å². The van der Waals surface area contributed by atoms with E-state index in [1.807, 2.05) is 0 Å². The van der Waals surface area contributed by atoms with Gasteiger partial charge in [-0.15, -0.1) is 0 Å². The highest BCUT2D eigenvalue weighted by atomic mass is 19.4. The third-order valence-electron chi connectivity index (χ3n) is 2.28. The summed E-state index contributed by atoms with van der Waals surface area (Å²) in [5.41, 5.74) is -0.865. The van der Waals surface area contributed by atoms with E-state index >= 15 is 0 Å². The zero-order valence-electron chi connectivity index (χ0n) is 9.22. The van der Waals surface area contributed by atoms with E-state index < -0.39 is 30.8 Å². The van der Waals surface area contributed by atoms with E-state index in [-0.39, 0.29) is 12.1 Å². The Morgan fingerprint density at radius 1 is 1.17 bits per heavy atom. The molecule has 18 heavy (non-hydrogen) atoms. The Bertz CT molecular complexity index is 380. The first-order valence-electron chi connectivity index (χ1n) is 5.14. The van der Waals surface area contributed by atoms with E-state index in [0.29, 0.717) is 0 Å². The molecule has 0 spiro atoms. The Kier molecular flexibility index (Phi) is 5.03. The van der Waals surface area contributed by atoms with Gasteiger partial charge in [-0.05, 0) is 11.6 Å². The van der Waals surface area contributed by atoms with Crippen molar-refractivity contribution in [2.24, 2.45) is 0 Å². The molecule has 2 nitrogen and oxygen atoms in total. The maximum absolute atomic E-state index is 12.6. The summed E-state index contributed by atoms with van der Waals surface area (Å²) in [7, 11) is 0. The molecule has 0 heterocycles. The van der Waals surface area contributed by atoms with Crippen LogP contribution in [-0.4, -0.2) is 24.2 Å². The molecular formula is C11H12F5NO. The first-order valence-corrected chi connectivity index (χ1v) is 5.14. The molecule has 0 bridgehead atoms. The highest BCUT2D eigenvalue weighted by Gasteiger charge is 2.32. The Morgan fingerprint density at radius 2 is 1.78 bits per heavy atom. The molecule has 0 saturated heterocycles. The van der Waals surface area contributed by atoms with Crippen molar-refractivity contribution in [1.29, 1.82) is 0 Å². The van der Waals surface area contributed by atoms with Crippen molar-refractivity contribution in [2.75, 3.05) is 6.54 Å². The normalized spacial score (nSPS) is 13.9. The molecule has 1 aromatic carbocycles. The maximum atomic E-state index is 12.6. The topological polar surface area (TPSA) is 32.3 Å². The number of benzene rings is 1. The van der Waals surface area contributed by atoms with Crippen LogP contribution in [0.4, 0.5) is 22.0 Å². The minimum Gasteiger partial charge on any atom is -0.386 e. The van der Waals surface area contributed by atoms with E-state index in [9.17, 15) is 22.0 Å². The molecule has 7 heteroatoms. The van der Waals surface area contributed by atoms with Crippen molar-refractivity contribution in [3.05, 3.63) is 35.4 Å². The highest BCUT2D eigenvalue weighted by molar-refractivity contribution is 5.29. The number of alkyl halides is 5. The van der Waals surface area contributed by atoms with Gasteiger partial charge in [0.05, 0.1) is 5.56 Å². The summed E-state index contributed by atoms with van der Waals surface area (Å²) in [5.74, 6) is 0. The van der Waals surface area contributed by atoms with Gasteiger partial charge < -0.3 is 10.4 Å². The molecule has 0 saturated carbocycles. The van der Waals surface area contributed by atoms with Crippen molar-refractivity contribution in [1.82, 2.24) is 5.32 Å². The smallest absolute Gasteiger partial charge is 0.386 e. The number of halogens is 5. The molecular weight excluding hydrogens is 257 g/mol. The third kappa shape index (κ3) is 4.23. The molecule has 0 aromatic heterocycles. The third-order valence-corrected chi connectivity index (χ3v) is 2.28. The minimum absolute atomic E-state index is 0.0496. The van der Waals surface area contributed by atoms with Crippen LogP contribution in [0.3, 0.4) is 0 Å². The quantitative estimate of drug-likeness (QED) is 0.805. The molecule has 102 valence electrons. The van der Waals surface area contributed by atoms with Gasteiger partial charge in [0.2, 0.25) is 0 Å². The molecule has 0 fully saturated rings. The molecule has 1 rings (SSSR count). The second-order valence-corrected chi connectivity index (χ2v) is 3.69. The average molecular weight is 269 g/mol. The molecule has 0 aliphatic heterocycles. The first-order chi connectivity index (χ1) is 8.32. The zero-order valence-corrected chi connectivity index (χ0v) is 9.22. The molecule has 1 unspecified atom stereocenters. The first kappa shape index (κ1) is 14.8. The fourth-order valence-corrected chi connectivity index (χ4v) is 1.39. The van der Waals surface area contributed by atoms with Crippen LogP contribution in [0.25, 0.3) is 0 Å². The van der Waals surface area contributed by atoms with Crippen molar-refractivity contribution >= 4 is 0 Å². The fourth-order valence-electron chi connectivity index (χ4n) is 1.39. The standard InChI is InChI=1S/C11H12F5NO/c12-10(13)9(18)6-17-5-7-3-1-2-4-8(7)11(14,15)16/h1-4,9-10,17-18H,5-6H2. The molecule has 1 atom stereocenters. The summed E-state index contributed by atoms with van der Waals surface area (Å²) in [6.45, 7) is -0.705. The molecule has 2 N–H and O–H groups in total. The summed E-state index contributed by atoms with van der Waals surface area (Å²) in [6, 6.07) is 4.85. The number of hydrogen-bond acceptors (Lipinski definition) is 2. The van der Waals surface area contributed by atoms with Gasteiger partial charge in [-0.3, -0.25) is 0 Å². The lowest BCUT2D eigenvalue weighted by molar-refractivity contribution is -0.138. The molecule has 0 aliphatic carbocycles. The Morgan fingerprint density at radius 3 is 2.33 bits per heavy atom. The predicted molar refractivity (Wildman–Crippen MR) is 55.2 cm³/mol. The number of aliphatic hydroxyl groups excluding tert-OH is 1. The summed E-state index contributed by atoms with van der Waals surface area (Å²) >= 11 is 0. The van der Waals surface area contributed by atoms with Crippen LogP contribution in [-0.2, 0) is 12.7 Å². The van der Waals surface area contributed by atoms with Crippen LogP contribution in [0, 0.1) is 0 Å². The van der Waals surface area contributed by atoms with Crippen LogP contribution < -0.4 is 5.32 Å². The van der Waals surface area contributed by atoms with Crippen LogP contribution in [0.15, 0.2) is 24.3 Å². The van der Waals surface area contributed by atoms with Gasteiger partial charge in [0.1, 0.15) is 6.10 Å². The zero-order chi connectivity index (χ0) is 13.8. The van der Waals surface area contributed by atoms with E-state index in [4.69, 9.17) is 5.11 Å². The number of hydrogen-bond donors (Lipinski definition) is 2. The van der Waals surface area contributed by atoms with Gasteiger partial charge in [0.25, 0.3) is 6.43 Å². The number of rotatable bonds is 5. The number of nitrogens with one attached hydrogen (secondary N) is 1. The molecule has 0 aliphatic rings. The lowest BCUT2D eigenvalue weighted by Gasteiger charge is -2.14. The average Bonchev–Trinajstić information content (AvgIpc) is 2.28. The van der Waals surface area contributed by atoms with Crippen LogP contribution in [0.1, 0.15) is 11.1 Å². The second-order valence-electron chi connectivity index (χ2n) is 3.69. The monoisotopic (exact) mass is 269 g/mol. The van der Waals surface area contributed by atoms with Crippen molar-refractivity contribution in [2.45, 2.75) is 25.3 Å². The Balaban J connectivity index is 2.63. The van der Waals surface area contributed by atoms with Crippen molar-refractivity contribution in [3.8, 4) is 0 Å². The van der Waals surface area contributed by atoms with E-state index in [0.717, 1.165) is 6.07 Å². The second kappa shape index (κ2) is 6.10. The van der Waals surface area contributed by atoms with E-state index in [1.165, 1.54) is 18.2 Å². The van der Waals surface area contributed by atoms with Crippen LogP contribution in [0.2, 0.25) is 0 Å². The van der Waals surface area contributed by atoms with Crippen molar-refractivity contribution in [3.63, 3.8) is 0 Å². The van der Waals surface area contributed by atoms with Gasteiger partial charge in [0, 0.05) is 13.1 Å². The Labute approximate surface area is 100 Å². The van der Waals surface area contributed by atoms with Gasteiger partial charge in [-0.1, -0.05) is 18.2 Å². The molecule has 0 radical (unpaired) electrons. The van der Waals surface area contributed by atoms with E-state index in [1.54, 1.807) is 0 Å². The largest absolute Gasteiger partial charge is 0.416 e. The minimum atomic E-state index is -4.49.